The van der Waals surface area contributed by atoms with Crippen molar-refractivity contribution in [3.63, 3.8) is 0 Å². The lowest BCUT2D eigenvalue weighted by Crippen LogP contribution is -2.12. The minimum absolute atomic E-state index is 0.148. The van der Waals surface area contributed by atoms with Gasteiger partial charge in [0.2, 0.25) is 17.7 Å². The molecule has 0 saturated heterocycles. The van der Waals surface area contributed by atoms with E-state index in [-0.39, 0.29) is 30.5 Å². The summed E-state index contributed by atoms with van der Waals surface area (Å²) in [4.78, 5) is 12.0. The first kappa shape index (κ1) is 17.4. The van der Waals surface area contributed by atoms with Crippen molar-refractivity contribution >= 4 is 34.8 Å². The molecule has 5 nitrogen and oxygen atoms in total. The van der Waals surface area contributed by atoms with Crippen molar-refractivity contribution in [2.45, 2.75) is 12.8 Å². The summed E-state index contributed by atoms with van der Waals surface area (Å²) in [5, 5.41) is 11.4. The molecule has 0 aliphatic carbocycles. The number of halogens is 3. The zero-order valence-corrected chi connectivity index (χ0v) is 14.3. The smallest absolute Gasteiger partial charge is 0.247 e. The first-order valence-corrected chi connectivity index (χ1v) is 8.09. The fourth-order valence-corrected chi connectivity index (χ4v) is 2.66. The number of carbonyl (C=O) groups is 1. The Morgan fingerprint density at radius 1 is 1.08 bits per heavy atom. The molecule has 0 spiro atoms. The van der Waals surface area contributed by atoms with Crippen LogP contribution in [-0.4, -0.2) is 16.1 Å². The molecule has 3 aromatic rings. The SMILES string of the molecule is O=C(CCc1nnc(-c2ccc(F)cc2)o1)Nc1cc(Cl)cc(Cl)c1. The lowest BCUT2D eigenvalue weighted by atomic mass is 10.2. The maximum Gasteiger partial charge on any atom is 0.247 e. The van der Waals surface area contributed by atoms with Crippen LogP contribution in [0.4, 0.5) is 10.1 Å². The van der Waals surface area contributed by atoms with Gasteiger partial charge in [-0.15, -0.1) is 10.2 Å². The molecule has 0 aliphatic heterocycles. The lowest BCUT2D eigenvalue weighted by Gasteiger charge is -2.05. The number of anilines is 1. The molecular formula is C17H12Cl2FN3O2. The fraction of sp³-hybridized carbons (Fsp3) is 0.118. The van der Waals surface area contributed by atoms with E-state index in [1.54, 1.807) is 30.3 Å². The average molecular weight is 380 g/mol. The van der Waals surface area contributed by atoms with Crippen molar-refractivity contribution in [3.8, 4) is 11.5 Å². The van der Waals surface area contributed by atoms with Gasteiger partial charge in [0.15, 0.2) is 0 Å². The number of rotatable bonds is 5. The van der Waals surface area contributed by atoms with Crippen molar-refractivity contribution in [1.29, 1.82) is 0 Å². The predicted molar refractivity (Wildman–Crippen MR) is 93.1 cm³/mol. The lowest BCUT2D eigenvalue weighted by molar-refractivity contribution is -0.116. The van der Waals surface area contributed by atoms with Crippen LogP contribution in [-0.2, 0) is 11.2 Å². The van der Waals surface area contributed by atoms with Gasteiger partial charge in [0.1, 0.15) is 5.82 Å². The highest BCUT2D eigenvalue weighted by molar-refractivity contribution is 6.35. The Hall–Kier alpha value is -2.44. The fourth-order valence-electron chi connectivity index (χ4n) is 2.13. The van der Waals surface area contributed by atoms with Gasteiger partial charge in [-0.2, -0.15) is 0 Å². The standard InChI is InChI=1S/C17H12Cl2FN3O2/c18-11-7-12(19)9-14(8-11)21-15(24)5-6-16-22-23-17(25-16)10-1-3-13(20)4-2-10/h1-4,7-9H,5-6H2,(H,21,24). The third-order valence-electron chi connectivity index (χ3n) is 3.27. The average Bonchev–Trinajstić information content (AvgIpc) is 3.01. The Morgan fingerprint density at radius 3 is 2.44 bits per heavy atom. The van der Waals surface area contributed by atoms with Crippen LogP contribution in [0.5, 0.6) is 0 Å². The second-order valence-corrected chi connectivity index (χ2v) is 6.09. The van der Waals surface area contributed by atoms with Gasteiger partial charge in [-0.1, -0.05) is 23.2 Å². The van der Waals surface area contributed by atoms with Gasteiger partial charge in [-0.25, -0.2) is 4.39 Å². The number of nitrogens with one attached hydrogen (secondary N) is 1. The van der Waals surface area contributed by atoms with Crippen LogP contribution in [0, 0.1) is 5.82 Å². The number of amides is 1. The van der Waals surface area contributed by atoms with Gasteiger partial charge in [0.05, 0.1) is 0 Å². The number of carbonyl (C=O) groups excluding carboxylic acids is 1. The van der Waals surface area contributed by atoms with Crippen LogP contribution >= 0.6 is 23.2 Å². The number of hydrogen-bond acceptors (Lipinski definition) is 4. The quantitative estimate of drug-likeness (QED) is 0.694. The highest BCUT2D eigenvalue weighted by atomic mass is 35.5. The molecule has 0 fully saturated rings. The molecule has 1 heterocycles. The first-order valence-electron chi connectivity index (χ1n) is 7.34. The van der Waals surface area contributed by atoms with Gasteiger partial charge in [-0.3, -0.25) is 4.79 Å². The molecule has 3 rings (SSSR count). The molecule has 2 aromatic carbocycles. The molecule has 25 heavy (non-hydrogen) atoms. The van der Waals surface area contributed by atoms with Crippen LogP contribution < -0.4 is 5.32 Å². The van der Waals surface area contributed by atoms with E-state index in [1.807, 2.05) is 0 Å². The summed E-state index contributed by atoms with van der Waals surface area (Å²) in [5.41, 5.74) is 1.12. The molecule has 1 N–H and O–H groups in total. The number of hydrogen-bond donors (Lipinski definition) is 1. The number of benzene rings is 2. The van der Waals surface area contributed by atoms with E-state index in [9.17, 15) is 9.18 Å². The summed E-state index contributed by atoms with van der Waals surface area (Å²) in [6.45, 7) is 0. The highest BCUT2D eigenvalue weighted by Gasteiger charge is 2.11. The first-order chi connectivity index (χ1) is 12.0. The van der Waals surface area contributed by atoms with Crippen molar-refractivity contribution in [2.24, 2.45) is 0 Å². The van der Waals surface area contributed by atoms with E-state index < -0.39 is 0 Å². The molecule has 1 amide bonds. The summed E-state index contributed by atoms with van der Waals surface area (Å²) in [7, 11) is 0. The summed E-state index contributed by atoms with van der Waals surface area (Å²) >= 11 is 11.8. The molecule has 0 radical (unpaired) electrons. The van der Waals surface area contributed by atoms with Gasteiger partial charge >= 0.3 is 0 Å². The van der Waals surface area contributed by atoms with Crippen molar-refractivity contribution in [1.82, 2.24) is 10.2 Å². The summed E-state index contributed by atoms with van der Waals surface area (Å²) in [6, 6.07) is 10.5. The van der Waals surface area contributed by atoms with Crippen LogP contribution in [0.2, 0.25) is 10.0 Å². The topological polar surface area (TPSA) is 68.0 Å². The summed E-state index contributed by atoms with van der Waals surface area (Å²) < 4.78 is 18.4. The Morgan fingerprint density at radius 2 is 1.76 bits per heavy atom. The number of aryl methyl sites for hydroxylation is 1. The zero-order valence-electron chi connectivity index (χ0n) is 12.8. The molecule has 0 unspecified atom stereocenters. The van der Waals surface area contributed by atoms with Crippen molar-refractivity contribution < 1.29 is 13.6 Å². The Balaban J connectivity index is 1.58. The second kappa shape index (κ2) is 7.63. The van der Waals surface area contributed by atoms with E-state index in [4.69, 9.17) is 27.6 Å². The second-order valence-electron chi connectivity index (χ2n) is 5.21. The molecule has 0 atom stereocenters. The summed E-state index contributed by atoms with van der Waals surface area (Å²) in [6.07, 6.45) is 0.420. The van der Waals surface area contributed by atoms with E-state index in [1.165, 1.54) is 12.1 Å². The van der Waals surface area contributed by atoms with Crippen LogP contribution in [0.3, 0.4) is 0 Å². The van der Waals surface area contributed by atoms with E-state index >= 15 is 0 Å². The number of aromatic nitrogens is 2. The third kappa shape index (κ3) is 4.78. The molecule has 0 saturated carbocycles. The molecule has 128 valence electrons. The largest absolute Gasteiger partial charge is 0.421 e. The highest BCUT2D eigenvalue weighted by Crippen LogP contribution is 2.23. The molecule has 1 aromatic heterocycles. The minimum atomic E-state index is -0.346. The van der Waals surface area contributed by atoms with Crippen LogP contribution in [0.25, 0.3) is 11.5 Å². The van der Waals surface area contributed by atoms with Gasteiger partial charge in [0, 0.05) is 34.1 Å². The van der Waals surface area contributed by atoms with E-state index in [2.05, 4.69) is 15.5 Å². The molecule has 8 heteroatoms. The summed E-state index contributed by atoms with van der Waals surface area (Å²) in [5.74, 6) is 0.0109. The minimum Gasteiger partial charge on any atom is -0.421 e. The molecule has 0 aliphatic rings. The molecular weight excluding hydrogens is 368 g/mol. The van der Waals surface area contributed by atoms with E-state index in [0.717, 1.165) is 0 Å². The van der Waals surface area contributed by atoms with Gasteiger partial charge in [-0.05, 0) is 42.5 Å². The Bertz CT molecular complexity index is 877. The predicted octanol–water partition coefficient (Wildman–Crippen LogP) is 4.75. The van der Waals surface area contributed by atoms with Crippen LogP contribution in [0.1, 0.15) is 12.3 Å². The monoisotopic (exact) mass is 379 g/mol. The van der Waals surface area contributed by atoms with Crippen molar-refractivity contribution in [3.05, 3.63) is 64.2 Å². The normalized spacial score (nSPS) is 10.7. The zero-order chi connectivity index (χ0) is 17.8. The maximum atomic E-state index is 12.9. The third-order valence-corrected chi connectivity index (χ3v) is 3.71. The van der Waals surface area contributed by atoms with Gasteiger partial charge < -0.3 is 9.73 Å². The number of nitrogens with zero attached hydrogens (tertiary/aromatic N) is 2. The Labute approximate surface area is 152 Å². The van der Waals surface area contributed by atoms with E-state index in [0.29, 0.717) is 27.2 Å². The van der Waals surface area contributed by atoms with Gasteiger partial charge in [0.25, 0.3) is 0 Å². The maximum absolute atomic E-state index is 12.9. The Kier molecular flexibility index (Phi) is 5.31. The molecule has 0 bridgehead atoms. The van der Waals surface area contributed by atoms with Crippen molar-refractivity contribution in [2.75, 3.05) is 5.32 Å². The van der Waals surface area contributed by atoms with Crippen LogP contribution in [0.15, 0.2) is 46.9 Å².